The monoisotopic (exact) mass is 390 g/mol. The number of rotatable bonds is 5. The highest BCUT2D eigenvalue weighted by atomic mass is 32.2. The number of amides is 1. The highest BCUT2D eigenvalue weighted by molar-refractivity contribution is 8.02. The van der Waals surface area contributed by atoms with E-state index in [9.17, 15) is 4.79 Å². The van der Waals surface area contributed by atoms with Crippen LogP contribution in [0, 0.1) is 0 Å². The third-order valence-electron chi connectivity index (χ3n) is 4.06. The quantitative estimate of drug-likeness (QED) is 0.712. The molecule has 26 heavy (non-hydrogen) atoms. The van der Waals surface area contributed by atoms with Crippen molar-refractivity contribution < 1.29 is 9.53 Å². The normalized spacial score (nSPS) is 16.5. The Labute approximate surface area is 158 Å². The van der Waals surface area contributed by atoms with Gasteiger partial charge in [0.2, 0.25) is 5.16 Å². The van der Waals surface area contributed by atoms with Crippen molar-refractivity contribution in [3.63, 3.8) is 0 Å². The number of nitrogens with zero attached hydrogens (tertiary/aromatic N) is 3. The van der Waals surface area contributed by atoms with E-state index in [2.05, 4.69) is 27.2 Å². The summed E-state index contributed by atoms with van der Waals surface area (Å²) >= 11 is 3.23. The standard InChI is InChI=1S/C16H18N6O2S2/c1-25-5-4-10(17)15-19-20-16-22(15)21-12(8-26-16)9-2-3-13-11(6-9)18-14(23)7-24-13/h2-3,6,8,10,21H,4-5,7,17H2,1H3,(H,18,23)/t10-/m0/s1. The van der Waals surface area contributed by atoms with Crippen molar-refractivity contribution in [2.75, 3.05) is 29.4 Å². The largest absolute Gasteiger partial charge is 0.482 e. The van der Waals surface area contributed by atoms with Crippen molar-refractivity contribution in [2.24, 2.45) is 5.73 Å². The number of anilines is 1. The minimum atomic E-state index is -0.188. The smallest absolute Gasteiger partial charge is 0.262 e. The number of benzene rings is 1. The van der Waals surface area contributed by atoms with Gasteiger partial charge < -0.3 is 15.8 Å². The van der Waals surface area contributed by atoms with Crippen LogP contribution in [0.2, 0.25) is 0 Å². The van der Waals surface area contributed by atoms with Crippen molar-refractivity contribution >= 4 is 40.8 Å². The zero-order chi connectivity index (χ0) is 18.1. The van der Waals surface area contributed by atoms with Crippen molar-refractivity contribution in [2.45, 2.75) is 17.6 Å². The molecule has 4 N–H and O–H groups in total. The first-order valence-corrected chi connectivity index (χ1v) is 10.3. The SMILES string of the molecule is CSCC[C@H](N)c1nnc2n1NC(c1ccc3c(c1)NC(=O)CO3)=CS2. The molecule has 1 atom stereocenters. The number of nitrogens with two attached hydrogens (primary N) is 1. The molecule has 2 aliphatic heterocycles. The van der Waals surface area contributed by atoms with Crippen molar-refractivity contribution in [3.05, 3.63) is 35.0 Å². The van der Waals surface area contributed by atoms with Crippen LogP contribution in [0.1, 0.15) is 23.9 Å². The number of carbonyl (C=O) groups excluding carboxylic acids is 1. The maximum absolute atomic E-state index is 11.5. The summed E-state index contributed by atoms with van der Waals surface area (Å²) in [6.45, 7) is 0.0461. The van der Waals surface area contributed by atoms with Gasteiger partial charge in [-0.1, -0.05) is 11.8 Å². The molecule has 1 amide bonds. The fraction of sp³-hybridized carbons (Fsp3) is 0.312. The number of thioether (sulfide) groups is 2. The Kier molecular flexibility index (Phi) is 4.79. The summed E-state index contributed by atoms with van der Waals surface area (Å²) in [7, 11) is 0. The van der Waals surface area contributed by atoms with E-state index in [0.29, 0.717) is 17.3 Å². The first-order valence-electron chi connectivity index (χ1n) is 8.06. The zero-order valence-electron chi connectivity index (χ0n) is 14.1. The Hall–Kier alpha value is -2.17. The molecular formula is C16H18N6O2S2. The Morgan fingerprint density at radius 1 is 1.46 bits per heavy atom. The average molecular weight is 390 g/mol. The molecule has 8 nitrogen and oxygen atoms in total. The molecule has 2 aromatic rings. The molecule has 0 unspecified atom stereocenters. The number of hydrogen-bond acceptors (Lipinski definition) is 8. The van der Waals surface area contributed by atoms with Crippen LogP contribution in [0.4, 0.5) is 5.69 Å². The van der Waals surface area contributed by atoms with Crippen LogP contribution in [0.3, 0.4) is 0 Å². The second-order valence-corrected chi connectivity index (χ2v) is 7.70. The molecule has 1 aromatic heterocycles. The number of fused-ring (bicyclic) bond motifs is 2. The molecule has 0 saturated carbocycles. The molecule has 2 aliphatic rings. The van der Waals surface area contributed by atoms with Gasteiger partial charge in [-0.05, 0) is 36.6 Å². The Morgan fingerprint density at radius 3 is 3.19 bits per heavy atom. The molecule has 136 valence electrons. The van der Waals surface area contributed by atoms with Crippen LogP contribution in [-0.2, 0) is 4.79 Å². The summed E-state index contributed by atoms with van der Waals surface area (Å²) in [6.07, 6.45) is 2.88. The summed E-state index contributed by atoms with van der Waals surface area (Å²) in [6, 6.07) is 5.49. The lowest BCUT2D eigenvalue weighted by Gasteiger charge is -2.23. The molecule has 0 spiro atoms. The van der Waals surface area contributed by atoms with E-state index in [1.807, 2.05) is 28.3 Å². The number of nitrogens with one attached hydrogen (secondary N) is 2. The topological polar surface area (TPSA) is 107 Å². The van der Waals surface area contributed by atoms with E-state index >= 15 is 0 Å². The van der Waals surface area contributed by atoms with Gasteiger partial charge in [0, 0.05) is 11.0 Å². The number of aromatic nitrogens is 3. The molecular weight excluding hydrogens is 372 g/mol. The van der Waals surface area contributed by atoms with Gasteiger partial charge >= 0.3 is 0 Å². The fourth-order valence-electron chi connectivity index (χ4n) is 2.72. The Bertz CT molecular complexity index is 882. The number of hydrogen-bond donors (Lipinski definition) is 3. The minimum absolute atomic E-state index is 0.0461. The highest BCUT2D eigenvalue weighted by Gasteiger charge is 2.23. The van der Waals surface area contributed by atoms with Crippen LogP contribution < -0.4 is 21.2 Å². The predicted octanol–water partition coefficient (Wildman–Crippen LogP) is 2.01. The maximum Gasteiger partial charge on any atom is 0.262 e. The third-order valence-corrected chi connectivity index (χ3v) is 5.53. The van der Waals surface area contributed by atoms with Gasteiger partial charge in [-0.3, -0.25) is 10.2 Å². The van der Waals surface area contributed by atoms with E-state index in [-0.39, 0.29) is 18.6 Å². The average Bonchev–Trinajstić information content (AvgIpc) is 3.08. The number of carbonyl (C=O) groups is 1. The van der Waals surface area contributed by atoms with Crippen LogP contribution in [0.15, 0.2) is 28.8 Å². The molecule has 0 aliphatic carbocycles. The lowest BCUT2D eigenvalue weighted by atomic mass is 10.1. The minimum Gasteiger partial charge on any atom is -0.482 e. The van der Waals surface area contributed by atoms with Gasteiger partial charge in [-0.2, -0.15) is 11.8 Å². The van der Waals surface area contributed by atoms with Gasteiger partial charge in [0.25, 0.3) is 5.91 Å². The second kappa shape index (κ2) is 7.22. The third kappa shape index (κ3) is 3.27. The van der Waals surface area contributed by atoms with E-state index in [0.717, 1.165) is 28.6 Å². The molecule has 0 bridgehead atoms. The molecule has 4 rings (SSSR count). The van der Waals surface area contributed by atoms with Crippen LogP contribution in [0.25, 0.3) is 5.70 Å². The Balaban J connectivity index is 1.58. The van der Waals surface area contributed by atoms with E-state index in [1.165, 1.54) is 11.8 Å². The molecule has 0 radical (unpaired) electrons. The van der Waals surface area contributed by atoms with Gasteiger partial charge in [0.15, 0.2) is 12.4 Å². The fourth-order valence-corrected chi connectivity index (χ4v) is 3.95. The Morgan fingerprint density at radius 2 is 2.35 bits per heavy atom. The lowest BCUT2D eigenvalue weighted by Crippen LogP contribution is -2.26. The zero-order valence-corrected chi connectivity index (χ0v) is 15.7. The van der Waals surface area contributed by atoms with E-state index in [4.69, 9.17) is 10.5 Å². The molecule has 0 fully saturated rings. The second-order valence-electron chi connectivity index (χ2n) is 5.87. The van der Waals surface area contributed by atoms with Gasteiger partial charge in [-0.15, -0.1) is 10.2 Å². The lowest BCUT2D eigenvalue weighted by molar-refractivity contribution is -0.118. The van der Waals surface area contributed by atoms with E-state index in [1.54, 1.807) is 11.8 Å². The summed E-state index contributed by atoms with van der Waals surface area (Å²) in [4.78, 5) is 11.5. The molecule has 1 aromatic carbocycles. The summed E-state index contributed by atoms with van der Waals surface area (Å²) in [5, 5.41) is 14.0. The summed E-state index contributed by atoms with van der Waals surface area (Å²) < 4.78 is 7.24. The predicted molar refractivity (Wildman–Crippen MR) is 104 cm³/mol. The van der Waals surface area contributed by atoms with Crippen LogP contribution in [0.5, 0.6) is 5.75 Å². The van der Waals surface area contributed by atoms with Crippen LogP contribution in [-0.4, -0.2) is 39.4 Å². The first kappa shape index (κ1) is 17.3. The summed E-state index contributed by atoms with van der Waals surface area (Å²) in [5.41, 5.74) is 12.1. The highest BCUT2D eigenvalue weighted by Crippen LogP contribution is 2.34. The van der Waals surface area contributed by atoms with Gasteiger partial charge in [0.1, 0.15) is 5.75 Å². The van der Waals surface area contributed by atoms with Crippen molar-refractivity contribution in [3.8, 4) is 5.75 Å². The van der Waals surface area contributed by atoms with Gasteiger partial charge in [-0.25, -0.2) is 4.68 Å². The maximum atomic E-state index is 11.5. The first-order chi connectivity index (χ1) is 12.7. The molecule has 10 heteroatoms. The van der Waals surface area contributed by atoms with Crippen molar-refractivity contribution in [1.82, 2.24) is 14.9 Å². The van der Waals surface area contributed by atoms with Gasteiger partial charge in [0.05, 0.1) is 17.4 Å². The van der Waals surface area contributed by atoms with E-state index < -0.39 is 0 Å². The summed E-state index contributed by atoms with van der Waals surface area (Å²) in [5.74, 6) is 2.19. The van der Waals surface area contributed by atoms with Crippen LogP contribution >= 0.6 is 23.5 Å². The number of ether oxygens (including phenoxy) is 1. The molecule has 0 saturated heterocycles. The molecule has 3 heterocycles. The van der Waals surface area contributed by atoms with Crippen molar-refractivity contribution in [1.29, 1.82) is 0 Å².